The normalized spacial score (nSPS) is 14.0. The summed E-state index contributed by atoms with van der Waals surface area (Å²) >= 11 is 0. The lowest BCUT2D eigenvalue weighted by Gasteiger charge is -1.89. The van der Waals surface area contributed by atoms with Crippen molar-refractivity contribution in [1.29, 1.82) is 0 Å². The molecule has 2 nitrogen and oxygen atoms in total. The minimum atomic E-state index is 0.122. The molecular weight excluding hydrogens is 116 g/mol. The van der Waals surface area contributed by atoms with Crippen molar-refractivity contribution in [3.63, 3.8) is 0 Å². The third kappa shape index (κ3) is 4.94. The van der Waals surface area contributed by atoms with Crippen molar-refractivity contribution in [3.05, 3.63) is 23.7 Å². The fourth-order valence-electron chi connectivity index (χ4n) is 0.482. The number of rotatable bonds is 2. The highest BCUT2D eigenvalue weighted by molar-refractivity contribution is 5.11. The maximum atomic E-state index is 8.84. The summed E-state index contributed by atoms with van der Waals surface area (Å²) in [5.74, 6) is 0.245. The minimum Gasteiger partial charge on any atom is -0.512 e. The van der Waals surface area contributed by atoms with Gasteiger partial charge in [-0.3, -0.25) is 0 Å². The van der Waals surface area contributed by atoms with E-state index >= 15 is 0 Å². The SMILES string of the molecule is CC/C=C(O)\C=C(/C)O. The molecule has 0 aliphatic heterocycles. The number of aliphatic hydroxyl groups excluding tert-OH is 2. The van der Waals surface area contributed by atoms with Gasteiger partial charge in [0.15, 0.2) is 0 Å². The van der Waals surface area contributed by atoms with Gasteiger partial charge in [-0.15, -0.1) is 0 Å². The molecule has 0 saturated heterocycles. The third-order valence-corrected chi connectivity index (χ3v) is 0.770. The Labute approximate surface area is 55.1 Å². The molecule has 0 aliphatic rings. The molecule has 0 radical (unpaired) electrons. The number of allylic oxidation sites excluding steroid dienone is 3. The summed E-state index contributed by atoms with van der Waals surface area (Å²) in [6.07, 6.45) is 3.71. The first-order valence-corrected chi connectivity index (χ1v) is 2.93. The van der Waals surface area contributed by atoms with Crippen LogP contribution in [0.3, 0.4) is 0 Å². The molecule has 0 aliphatic carbocycles. The Hall–Kier alpha value is -0.920. The zero-order chi connectivity index (χ0) is 7.28. The van der Waals surface area contributed by atoms with Gasteiger partial charge in [-0.05, 0) is 19.4 Å². The summed E-state index contributed by atoms with van der Waals surface area (Å²) in [6, 6.07) is 0. The van der Waals surface area contributed by atoms with Gasteiger partial charge < -0.3 is 10.2 Å². The second-order valence-corrected chi connectivity index (χ2v) is 1.82. The lowest BCUT2D eigenvalue weighted by atomic mass is 10.3. The van der Waals surface area contributed by atoms with Gasteiger partial charge in [0.1, 0.15) is 5.76 Å². The molecule has 0 rings (SSSR count). The number of hydrogen-bond acceptors (Lipinski definition) is 2. The van der Waals surface area contributed by atoms with Gasteiger partial charge in [-0.25, -0.2) is 0 Å². The van der Waals surface area contributed by atoms with Crippen LogP contribution in [0.1, 0.15) is 20.3 Å². The predicted octanol–water partition coefficient (Wildman–Crippen LogP) is 2.30. The second-order valence-electron chi connectivity index (χ2n) is 1.82. The molecular formula is C7H12O2. The standard InChI is InChI=1S/C7H12O2/c1-3-4-7(9)5-6(2)8/h4-5,8-9H,3H2,1-2H3/b6-5+,7-4+. The Balaban J connectivity index is 3.90. The van der Waals surface area contributed by atoms with Crippen molar-refractivity contribution in [2.24, 2.45) is 0 Å². The molecule has 0 aromatic heterocycles. The first-order valence-electron chi connectivity index (χ1n) is 2.93. The van der Waals surface area contributed by atoms with Crippen LogP contribution in [0.5, 0.6) is 0 Å². The Morgan fingerprint density at radius 3 is 2.33 bits per heavy atom. The fourth-order valence-corrected chi connectivity index (χ4v) is 0.482. The fraction of sp³-hybridized carbons (Fsp3) is 0.429. The van der Waals surface area contributed by atoms with Crippen molar-refractivity contribution >= 4 is 0 Å². The molecule has 52 valence electrons. The lowest BCUT2D eigenvalue weighted by molar-refractivity contribution is 0.392. The van der Waals surface area contributed by atoms with E-state index in [2.05, 4.69) is 0 Å². The molecule has 0 atom stereocenters. The van der Waals surface area contributed by atoms with E-state index in [-0.39, 0.29) is 11.5 Å². The summed E-state index contributed by atoms with van der Waals surface area (Å²) in [4.78, 5) is 0. The molecule has 0 fully saturated rings. The molecule has 0 saturated carbocycles. The highest BCUT2D eigenvalue weighted by Gasteiger charge is 1.84. The first-order chi connectivity index (χ1) is 4.16. The van der Waals surface area contributed by atoms with Crippen LogP contribution in [0.2, 0.25) is 0 Å². The maximum Gasteiger partial charge on any atom is 0.114 e. The quantitative estimate of drug-likeness (QED) is 0.442. The highest BCUT2D eigenvalue weighted by Crippen LogP contribution is 1.96. The van der Waals surface area contributed by atoms with Gasteiger partial charge in [0, 0.05) is 6.08 Å². The monoisotopic (exact) mass is 128 g/mol. The molecule has 9 heavy (non-hydrogen) atoms. The van der Waals surface area contributed by atoms with E-state index in [0.29, 0.717) is 0 Å². The summed E-state index contributed by atoms with van der Waals surface area (Å²) in [6.45, 7) is 3.43. The molecule has 0 heterocycles. The predicted molar refractivity (Wildman–Crippen MR) is 37.4 cm³/mol. The molecule has 2 heteroatoms. The van der Waals surface area contributed by atoms with E-state index in [0.717, 1.165) is 6.42 Å². The topological polar surface area (TPSA) is 40.5 Å². The molecule has 0 aromatic rings. The van der Waals surface area contributed by atoms with E-state index in [4.69, 9.17) is 10.2 Å². The molecule has 2 N–H and O–H groups in total. The van der Waals surface area contributed by atoms with Crippen LogP contribution in [0.4, 0.5) is 0 Å². The van der Waals surface area contributed by atoms with E-state index < -0.39 is 0 Å². The largest absolute Gasteiger partial charge is 0.512 e. The Morgan fingerprint density at radius 1 is 1.44 bits per heavy atom. The van der Waals surface area contributed by atoms with Gasteiger partial charge in [0.25, 0.3) is 0 Å². The van der Waals surface area contributed by atoms with Crippen molar-refractivity contribution in [1.82, 2.24) is 0 Å². The summed E-state index contributed by atoms with van der Waals surface area (Å²) in [5, 5.41) is 17.5. The van der Waals surface area contributed by atoms with Crippen molar-refractivity contribution in [2.75, 3.05) is 0 Å². The van der Waals surface area contributed by atoms with Crippen molar-refractivity contribution in [3.8, 4) is 0 Å². The number of hydrogen-bond donors (Lipinski definition) is 2. The molecule has 0 spiro atoms. The van der Waals surface area contributed by atoms with Crippen LogP contribution in [0.15, 0.2) is 23.7 Å². The summed E-state index contributed by atoms with van der Waals surface area (Å²) in [7, 11) is 0. The van der Waals surface area contributed by atoms with Crippen molar-refractivity contribution < 1.29 is 10.2 Å². The molecule has 0 unspecified atom stereocenters. The van der Waals surface area contributed by atoms with Crippen LogP contribution in [0.25, 0.3) is 0 Å². The number of aliphatic hydroxyl groups is 2. The van der Waals surface area contributed by atoms with Gasteiger partial charge >= 0.3 is 0 Å². The maximum absolute atomic E-state index is 8.84. The van der Waals surface area contributed by atoms with Gasteiger partial charge in [0.05, 0.1) is 5.76 Å². The lowest BCUT2D eigenvalue weighted by Crippen LogP contribution is -1.76. The van der Waals surface area contributed by atoms with E-state index in [1.54, 1.807) is 6.08 Å². The Kier molecular flexibility index (Phi) is 3.60. The zero-order valence-corrected chi connectivity index (χ0v) is 5.76. The minimum absolute atomic E-state index is 0.122. The van der Waals surface area contributed by atoms with Gasteiger partial charge in [0.2, 0.25) is 0 Å². The molecule has 0 amide bonds. The molecule has 0 aromatic carbocycles. The molecule has 0 bridgehead atoms. The van der Waals surface area contributed by atoms with E-state index in [1.807, 2.05) is 6.92 Å². The average molecular weight is 128 g/mol. The van der Waals surface area contributed by atoms with Crippen LogP contribution < -0.4 is 0 Å². The highest BCUT2D eigenvalue weighted by atomic mass is 16.3. The zero-order valence-electron chi connectivity index (χ0n) is 5.76. The Morgan fingerprint density at radius 2 is 2.00 bits per heavy atom. The average Bonchev–Trinajstić information content (AvgIpc) is 1.63. The van der Waals surface area contributed by atoms with Crippen LogP contribution in [-0.2, 0) is 0 Å². The summed E-state index contributed by atoms with van der Waals surface area (Å²) in [5.41, 5.74) is 0. The second kappa shape index (κ2) is 4.01. The van der Waals surface area contributed by atoms with Gasteiger partial charge in [-0.1, -0.05) is 6.92 Å². The van der Waals surface area contributed by atoms with Crippen LogP contribution in [0, 0.1) is 0 Å². The van der Waals surface area contributed by atoms with Crippen LogP contribution in [-0.4, -0.2) is 10.2 Å². The van der Waals surface area contributed by atoms with E-state index in [1.165, 1.54) is 13.0 Å². The third-order valence-electron chi connectivity index (χ3n) is 0.770. The summed E-state index contributed by atoms with van der Waals surface area (Å²) < 4.78 is 0. The van der Waals surface area contributed by atoms with Gasteiger partial charge in [-0.2, -0.15) is 0 Å². The van der Waals surface area contributed by atoms with Crippen LogP contribution >= 0.6 is 0 Å². The smallest absolute Gasteiger partial charge is 0.114 e. The Bertz CT molecular complexity index is 130. The first kappa shape index (κ1) is 8.08. The van der Waals surface area contributed by atoms with Crippen molar-refractivity contribution in [2.45, 2.75) is 20.3 Å². The van der Waals surface area contributed by atoms with E-state index in [9.17, 15) is 0 Å².